The van der Waals surface area contributed by atoms with Gasteiger partial charge >= 0.3 is 6.03 Å². The zero-order chi connectivity index (χ0) is 17.8. The summed E-state index contributed by atoms with van der Waals surface area (Å²) in [5.74, 6) is 0.705. The van der Waals surface area contributed by atoms with Gasteiger partial charge in [0, 0.05) is 30.6 Å². The highest BCUT2D eigenvalue weighted by molar-refractivity contribution is 5.77. The highest BCUT2D eigenvalue weighted by atomic mass is 16.5. The van der Waals surface area contributed by atoms with Gasteiger partial charge in [-0.2, -0.15) is 0 Å². The summed E-state index contributed by atoms with van der Waals surface area (Å²) in [6.45, 7) is 6.31. The maximum absolute atomic E-state index is 13.2. The number of aromatic hydroxyl groups is 1. The fourth-order valence-corrected chi connectivity index (χ4v) is 4.93. The molecule has 2 atom stereocenters. The minimum Gasteiger partial charge on any atom is -0.504 e. The molecule has 1 aromatic rings. The Morgan fingerprint density at radius 1 is 1.12 bits per heavy atom. The summed E-state index contributed by atoms with van der Waals surface area (Å²) in [6, 6.07) is 4.39. The van der Waals surface area contributed by atoms with Crippen LogP contribution in [0.15, 0.2) is 12.1 Å². The van der Waals surface area contributed by atoms with Crippen LogP contribution in [0.3, 0.4) is 0 Å². The van der Waals surface area contributed by atoms with E-state index in [1.165, 1.54) is 12.0 Å². The summed E-state index contributed by atoms with van der Waals surface area (Å²) in [7, 11) is 1.58. The molecule has 3 aliphatic rings. The maximum atomic E-state index is 13.2. The van der Waals surface area contributed by atoms with Crippen LogP contribution >= 0.6 is 0 Å². The summed E-state index contributed by atoms with van der Waals surface area (Å²) in [4.78, 5) is 17.3. The van der Waals surface area contributed by atoms with Gasteiger partial charge in [0.1, 0.15) is 0 Å². The van der Waals surface area contributed by atoms with E-state index in [0.29, 0.717) is 5.75 Å². The number of ether oxygens (including phenoxy) is 1. The van der Waals surface area contributed by atoms with Crippen LogP contribution in [0, 0.1) is 5.41 Å². The molecule has 0 aromatic heterocycles. The van der Waals surface area contributed by atoms with Crippen LogP contribution in [0.2, 0.25) is 0 Å². The number of phenols is 1. The van der Waals surface area contributed by atoms with E-state index in [-0.39, 0.29) is 29.3 Å². The van der Waals surface area contributed by atoms with Crippen molar-refractivity contribution in [3.63, 3.8) is 0 Å². The molecule has 0 saturated carbocycles. The van der Waals surface area contributed by atoms with Gasteiger partial charge in [-0.3, -0.25) is 0 Å². The van der Waals surface area contributed by atoms with Gasteiger partial charge in [-0.05, 0) is 55.4 Å². The monoisotopic (exact) mass is 344 g/mol. The van der Waals surface area contributed by atoms with E-state index < -0.39 is 0 Å². The molecular formula is C20H28N2O3. The van der Waals surface area contributed by atoms with E-state index in [2.05, 4.69) is 18.7 Å². The molecule has 3 heterocycles. The molecule has 0 radical (unpaired) electrons. The van der Waals surface area contributed by atoms with Crippen molar-refractivity contribution in [3.05, 3.63) is 23.3 Å². The third-order valence-electron chi connectivity index (χ3n) is 6.56. The van der Waals surface area contributed by atoms with E-state index in [1.807, 2.05) is 17.0 Å². The van der Waals surface area contributed by atoms with E-state index in [4.69, 9.17) is 4.74 Å². The average Bonchev–Trinajstić information content (AvgIpc) is 2.85. The Bertz CT molecular complexity index is 694. The number of nitrogens with zero attached hydrogens (tertiary/aromatic N) is 2. The Hall–Kier alpha value is -1.91. The Balaban J connectivity index is 1.64. The van der Waals surface area contributed by atoms with Gasteiger partial charge in [0.25, 0.3) is 0 Å². The van der Waals surface area contributed by atoms with Crippen molar-refractivity contribution in [2.45, 2.75) is 58.0 Å². The fraction of sp³-hybridized carbons (Fsp3) is 0.650. The zero-order valence-corrected chi connectivity index (χ0v) is 15.4. The first-order valence-corrected chi connectivity index (χ1v) is 9.39. The fourth-order valence-electron chi connectivity index (χ4n) is 4.93. The molecule has 25 heavy (non-hydrogen) atoms. The van der Waals surface area contributed by atoms with Crippen molar-refractivity contribution in [3.8, 4) is 11.5 Å². The van der Waals surface area contributed by atoms with Crippen LogP contribution < -0.4 is 4.74 Å². The number of hydrogen-bond donors (Lipinski definition) is 1. The molecule has 0 spiro atoms. The van der Waals surface area contributed by atoms with E-state index in [1.54, 1.807) is 7.11 Å². The number of methoxy groups -OCH3 is 1. The van der Waals surface area contributed by atoms with Crippen LogP contribution in [0.1, 0.15) is 44.2 Å². The van der Waals surface area contributed by atoms with Gasteiger partial charge in [0.15, 0.2) is 11.5 Å². The number of urea groups is 1. The average molecular weight is 344 g/mol. The van der Waals surface area contributed by atoms with Crippen LogP contribution in [-0.2, 0) is 12.8 Å². The van der Waals surface area contributed by atoms with Crippen LogP contribution in [0.5, 0.6) is 11.5 Å². The minimum absolute atomic E-state index is 0.0906. The van der Waals surface area contributed by atoms with Crippen molar-refractivity contribution >= 4 is 6.03 Å². The van der Waals surface area contributed by atoms with Crippen LogP contribution in [0.4, 0.5) is 4.79 Å². The Morgan fingerprint density at radius 3 is 2.32 bits per heavy atom. The van der Waals surface area contributed by atoms with E-state index in [9.17, 15) is 9.90 Å². The molecule has 2 unspecified atom stereocenters. The van der Waals surface area contributed by atoms with Crippen molar-refractivity contribution in [2.75, 3.05) is 20.2 Å². The predicted molar refractivity (Wildman–Crippen MR) is 96.1 cm³/mol. The van der Waals surface area contributed by atoms with Gasteiger partial charge < -0.3 is 19.6 Å². The predicted octanol–water partition coefficient (Wildman–Crippen LogP) is 3.18. The molecule has 1 aromatic carbocycles. The number of carbonyl (C=O) groups is 1. The second-order valence-corrected chi connectivity index (χ2v) is 8.29. The van der Waals surface area contributed by atoms with E-state index in [0.717, 1.165) is 44.3 Å². The lowest BCUT2D eigenvalue weighted by atomic mass is 9.66. The van der Waals surface area contributed by atoms with Gasteiger partial charge in [-0.1, -0.05) is 13.8 Å². The molecule has 4 rings (SSSR count). The number of phenolic OH excluding ortho intramolecular Hbond substituents is 1. The van der Waals surface area contributed by atoms with Crippen LogP contribution in [-0.4, -0.2) is 53.2 Å². The number of likely N-dealkylation sites (tertiary alicyclic amines) is 1. The standard InChI is InChI=1S/C20H28N2O3/c1-20(2)17-11-13-9-15(23)16(25-3)10-14(13)12-18(20)22(17)19(24)21-7-5-4-6-8-21/h9-10,17-18,23H,4-8,11-12H2,1-3H3. The van der Waals surface area contributed by atoms with Gasteiger partial charge in [-0.25, -0.2) is 4.79 Å². The molecular weight excluding hydrogens is 316 g/mol. The third-order valence-corrected chi connectivity index (χ3v) is 6.56. The molecule has 2 amide bonds. The summed E-state index contributed by atoms with van der Waals surface area (Å²) < 4.78 is 5.28. The second-order valence-electron chi connectivity index (χ2n) is 8.29. The molecule has 136 valence electrons. The molecule has 3 aliphatic heterocycles. The quantitative estimate of drug-likeness (QED) is 0.851. The lowest BCUT2D eigenvalue weighted by molar-refractivity contribution is -0.0861. The minimum atomic E-state index is 0.0906. The van der Waals surface area contributed by atoms with Gasteiger partial charge in [0.05, 0.1) is 7.11 Å². The van der Waals surface area contributed by atoms with Crippen molar-refractivity contribution in [2.24, 2.45) is 5.41 Å². The molecule has 0 aliphatic carbocycles. The number of fused-ring (bicyclic) bond motifs is 3. The zero-order valence-electron chi connectivity index (χ0n) is 15.4. The first kappa shape index (κ1) is 16.6. The number of carbonyl (C=O) groups excluding carboxylic acids is 1. The molecule has 5 nitrogen and oxygen atoms in total. The lowest BCUT2D eigenvalue weighted by Crippen LogP contribution is -2.73. The molecule has 1 N–H and O–H groups in total. The third kappa shape index (κ3) is 2.47. The number of amides is 2. The Kier molecular flexibility index (Phi) is 3.85. The molecule has 5 heteroatoms. The summed E-state index contributed by atoms with van der Waals surface area (Å²) in [6.07, 6.45) is 5.09. The molecule has 2 bridgehead atoms. The Labute approximate surface area is 149 Å². The first-order chi connectivity index (χ1) is 11.9. The largest absolute Gasteiger partial charge is 0.504 e. The SMILES string of the molecule is COc1cc2c(cc1O)CC1N(C(=O)N3CCCCC3)C(C2)C1(C)C. The highest BCUT2D eigenvalue weighted by Crippen LogP contribution is 2.51. The number of benzene rings is 1. The number of rotatable bonds is 1. The summed E-state index contributed by atoms with van der Waals surface area (Å²) in [5.41, 5.74) is 2.44. The normalized spacial score (nSPS) is 27.2. The smallest absolute Gasteiger partial charge is 0.320 e. The first-order valence-electron chi connectivity index (χ1n) is 9.39. The summed E-state index contributed by atoms with van der Waals surface area (Å²) >= 11 is 0. The van der Waals surface area contributed by atoms with Crippen LogP contribution in [0.25, 0.3) is 0 Å². The number of hydrogen-bond acceptors (Lipinski definition) is 3. The van der Waals surface area contributed by atoms with Gasteiger partial charge in [-0.15, -0.1) is 0 Å². The Morgan fingerprint density at radius 2 is 1.72 bits per heavy atom. The lowest BCUT2D eigenvalue weighted by Gasteiger charge is -2.61. The van der Waals surface area contributed by atoms with Crippen molar-refractivity contribution in [1.29, 1.82) is 0 Å². The maximum Gasteiger partial charge on any atom is 0.320 e. The summed E-state index contributed by atoms with van der Waals surface area (Å²) in [5, 5.41) is 10.2. The molecule has 2 fully saturated rings. The molecule has 2 saturated heterocycles. The van der Waals surface area contributed by atoms with E-state index >= 15 is 0 Å². The number of piperidine rings is 1. The topological polar surface area (TPSA) is 53.0 Å². The van der Waals surface area contributed by atoms with Crippen molar-refractivity contribution < 1.29 is 14.6 Å². The van der Waals surface area contributed by atoms with Crippen molar-refractivity contribution in [1.82, 2.24) is 9.80 Å². The van der Waals surface area contributed by atoms with Gasteiger partial charge in [0.2, 0.25) is 0 Å². The highest BCUT2D eigenvalue weighted by Gasteiger charge is 2.58. The second kappa shape index (κ2) is 5.82.